The van der Waals surface area contributed by atoms with Crippen molar-refractivity contribution in [2.75, 3.05) is 26.4 Å². The van der Waals surface area contributed by atoms with E-state index in [-0.39, 0.29) is 49.6 Å². The minimum atomic E-state index is -0.674. The van der Waals surface area contributed by atoms with Crippen LogP contribution in [0.4, 0.5) is 0 Å². The van der Waals surface area contributed by atoms with E-state index in [2.05, 4.69) is 19.7 Å². The van der Waals surface area contributed by atoms with Crippen molar-refractivity contribution in [3.05, 3.63) is 38.0 Å². The van der Waals surface area contributed by atoms with Gasteiger partial charge in [0, 0.05) is 19.3 Å². The molecular formula is C45H76O12. The molecule has 4 fully saturated rings. The van der Waals surface area contributed by atoms with E-state index in [4.69, 9.17) is 43.7 Å². The van der Waals surface area contributed by atoms with Crippen molar-refractivity contribution in [2.24, 2.45) is 0 Å². The Balaban J connectivity index is 0.000000392. The molecule has 4 aliphatic rings. The van der Waals surface area contributed by atoms with Crippen LogP contribution < -0.4 is 0 Å². The summed E-state index contributed by atoms with van der Waals surface area (Å²) in [6.07, 6.45) is 27.2. The second-order valence-electron chi connectivity index (χ2n) is 15.6. The van der Waals surface area contributed by atoms with Crippen molar-refractivity contribution in [1.29, 1.82) is 0 Å². The lowest BCUT2D eigenvalue weighted by Gasteiger charge is -2.17. The van der Waals surface area contributed by atoms with Gasteiger partial charge in [0.15, 0.2) is 12.2 Å². The van der Waals surface area contributed by atoms with Gasteiger partial charge < -0.3 is 43.7 Å². The van der Waals surface area contributed by atoms with Crippen molar-refractivity contribution < 1.29 is 58.1 Å². The molecule has 0 saturated carbocycles. The highest BCUT2D eigenvalue weighted by atomic mass is 16.7. The molecule has 0 spiro atoms. The van der Waals surface area contributed by atoms with Crippen LogP contribution in [0.2, 0.25) is 0 Å². The molecular weight excluding hydrogens is 732 g/mol. The van der Waals surface area contributed by atoms with Crippen LogP contribution in [0.15, 0.2) is 38.0 Å². The second-order valence-corrected chi connectivity index (χ2v) is 15.6. The Bertz CT molecular complexity index is 1050. The first-order chi connectivity index (χ1) is 27.7. The number of unbranched alkanes of at least 4 members (excludes halogenated alkanes) is 18. The topological polar surface area (TPSA) is 167 Å². The average Bonchev–Trinajstić information content (AvgIpc) is 3.98. The number of esters is 2. The van der Waals surface area contributed by atoms with E-state index in [0.717, 1.165) is 70.6 Å². The molecule has 4 aliphatic heterocycles. The third-order valence-electron chi connectivity index (χ3n) is 10.7. The summed E-state index contributed by atoms with van der Waals surface area (Å²) in [7, 11) is 0. The van der Waals surface area contributed by atoms with Crippen LogP contribution in [0.1, 0.15) is 154 Å². The third-order valence-corrected chi connectivity index (χ3v) is 10.7. The maximum Gasteiger partial charge on any atom is 0.306 e. The number of allylic oxidation sites excluding steroid dienone is 3. The second kappa shape index (κ2) is 32.3. The number of hydrogen-bond acceptors (Lipinski definition) is 11. The minimum Gasteiger partial charge on any atom is -0.481 e. The fourth-order valence-electron chi connectivity index (χ4n) is 7.35. The smallest absolute Gasteiger partial charge is 0.306 e. The summed E-state index contributed by atoms with van der Waals surface area (Å²) >= 11 is 0. The van der Waals surface area contributed by atoms with Crippen molar-refractivity contribution in [3.63, 3.8) is 0 Å². The number of fused-ring (bicyclic) bond motifs is 2. The van der Waals surface area contributed by atoms with Crippen LogP contribution in [-0.2, 0) is 42.8 Å². The molecule has 57 heavy (non-hydrogen) atoms. The fraction of sp³-hybridized carbons (Fsp3) is 0.800. The number of aliphatic hydroxyl groups excluding tert-OH is 2. The molecule has 0 aromatic rings. The van der Waals surface area contributed by atoms with Crippen LogP contribution in [-0.4, -0.2) is 108 Å². The molecule has 0 amide bonds. The van der Waals surface area contributed by atoms with E-state index in [1.807, 2.05) is 18.2 Å². The van der Waals surface area contributed by atoms with E-state index in [0.29, 0.717) is 32.5 Å². The number of ether oxygens (including phenoxy) is 6. The first-order valence-corrected chi connectivity index (χ1v) is 22.0. The van der Waals surface area contributed by atoms with E-state index >= 15 is 0 Å². The molecule has 3 N–H and O–H groups in total. The molecule has 8 atom stereocenters. The van der Waals surface area contributed by atoms with E-state index in [1.54, 1.807) is 0 Å². The van der Waals surface area contributed by atoms with Crippen LogP contribution in [0, 0.1) is 0 Å². The van der Waals surface area contributed by atoms with E-state index < -0.39 is 30.4 Å². The molecule has 0 radical (unpaired) electrons. The van der Waals surface area contributed by atoms with Gasteiger partial charge >= 0.3 is 17.9 Å². The maximum absolute atomic E-state index is 12.2. The Morgan fingerprint density at radius 1 is 0.456 bits per heavy atom. The first kappa shape index (κ1) is 50.5. The number of aliphatic carboxylic acids is 1. The van der Waals surface area contributed by atoms with Gasteiger partial charge in [-0.2, -0.15) is 0 Å². The molecule has 12 heteroatoms. The lowest BCUT2D eigenvalue weighted by molar-refractivity contribution is -0.155. The summed E-state index contributed by atoms with van der Waals surface area (Å²) in [5, 5.41) is 26.7. The van der Waals surface area contributed by atoms with Crippen molar-refractivity contribution >= 4 is 17.9 Å². The molecule has 0 aromatic carbocycles. The summed E-state index contributed by atoms with van der Waals surface area (Å²) < 4.78 is 33.0. The average molecular weight is 809 g/mol. The molecule has 0 aromatic heterocycles. The molecule has 4 saturated heterocycles. The monoisotopic (exact) mass is 809 g/mol. The Labute approximate surface area is 342 Å². The zero-order chi connectivity index (χ0) is 41.5. The predicted octanol–water partition coefficient (Wildman–Crippen LogP) is 8.10. The zero-order valence-corrected chi connectivity index (χ0v) is 34.8. The Morgan fingerprint density at radius 2 is 0.754 bits per heavy atom. The molecule has 0 aliphatic carbocycles. The van der Waals surface area contributed by atoms with Gasteiger partial charge in [-0.3, -0.25) is 14.4 Å². The number of rotatable bonds is 29. The number of carboxylic acid groups (broad SMARTS) is 1. The van der Waals surface area contributed by atoms with Gasteiger partial charge in [-0.15, -0.1) is 19.7 Å². The standard InChI is InChI=1S/C28H46O6.C11H20O2.C6H10O4/c1-3-5-7-9-11-13-15-17-19-25(29)33-23-21-31-28-24(22-32-27(23)28)34-26(30)20-18-16-14-12-10-8-6-4-2;1-2-3-4-5-6-7-8-9-10-11(12)13;7-3-1-9-6-4(8)2-10-5(3)6/h3-4,23-24,27-28H,1-2,5-22H2;2H,1,3-10H2,(H,12,13);3-8H,1-2H2/t23-,24+,27?,28?;;3-,4+,5?,6?. The van der Waals surface area contributed by atoms with Crippen molar-refractivity contribution in [3.8, 4) is 0 Å². The number of aliphatic hydroxyl groups is 2. The van der Waals surface area contributed by atoms with Gasteiger partial charge in [0.2, 0.25) is 0 Å². The predicted molar refractivity (Wildman–Crippen MR) is 220 cm³/mol. The van der Waals surface area contributed by atoms with E-state index in [9.17, 15) is 14.4 Å². The SMILES string of the molecule is C=CCCCCCCCCC(=O)O.C=CCCCCCCCCC(=O)O[C@H]1COC2C1OC[C@H]2OC(=O)CCCCCCCCC=C.O[C@@H]1COC2C1OC[C@@H]2O. The quantitative estimate of drug-likeness (QED) is 0.0378. The molecule has 328 valence electrons. The van der Waals surface area contributed by atoms with Crippen LogP contribution in [0.3, 0.4) is 0 Å². The Hall–Kier alpha value is -2.61. The molecule has 4 rings (SSSR count). The highest BCUT2D eigenvalue weighted by Gasteiger charge is 2.51. The lowest BCUT2D eigenvalue weighted by Crippen LogP contribution is -2.35. The highest BCUT2D eigenvalue weighted by molar-refractivity contribution is 5.70. The minimum absolute atomic E-state index is 0.200. The summed E-state index contributed by atoms with van der Waals surface area (Å²) in [5.74, 6) is -1.07. The van der Waals surface area contributed by atoms with Gasteiger partial charge in [0.25, 0.3) is 0 Å². The first-order valence-electron chi connectivity index (χ1n) is 22.0. The number of carbonyl (C=O) groups is 3. The number of carboxylic acids is 1. The lowest BCUT2D eigenvalue weighted by atomic mass is 10.1. The molecule has 0 bridgehead atoms. The van der Waals surface area contributed by atoms with Gasteiger partial charge in [0.05, 0.1) is 26.4 Å². The van der Waals surface area contributed by atoms with Crippen molar-refractivity contribution in [1.82, 2.24) is 0 Å². The number of carbonyl (C=O) groups excluding carboxylic acids is 2. The summed E-state index contributed by atoms with van der Waals surface area (Å²) in [5.41, 5.74) is 0. The van der Waals surface area contributed by atoms with Crippen molar-refractivity contribution in [2.45, 2.75) is 203 Å². The summed E-state index contributed by atoms with van der Waals surface area (Å²) in [6.45, 7) is 12.3. The maximum atomic E-state index is 12.2. The van der Waals surface area contributed by atoms with Gasteiger partial charge in [0.1, 0.15) is 36.6 Å². The normalized spacial score (nSPS) is 25.6. The van der Waals surface area contributed by atoms with E-state index in [1.165, 1.54) is 64.2 Å². The van der Waals surface area contributed by atoms with Crippen LogP contribution in [0.5, 0.6) is 0 Å². The van der Waals surface area contributed by atoms with Gasteiger partial charge in [-0.05, 0) is 57.8 Å². The molecule has 4 heterocycles. The highest BCUT2D eigenvalue weighted by Crippen LogP contribution is 2.31. The van der Waals surface area contributed by atoms with Crippen LogP contribution in [0.25, 0.3) is 0 Å². The summed E-state index contributed by atoms with van der Waals surface area (Å²) in [6, 6.07) is 0. The fourth-order valence-corrected chi connectivity index (χ4v) is 7.35. The van der Waals surface area contributed by atoms with Crippen LogP contribution >= 0.6 is 0 Å². The summed E-state index contributed by atoms with van der Waals surface area (Å²) in [4.78, 5) is 34.6. The molecule has 12 nitrogen and oxygen atoms in total. The number of hydrogen-bond donors (Lipinski definition) is 3. The third kappa shape index (κ3) is 22.4. The zero-order valence-electron chi connectivity index (χ0n) is 34.8. The Kier molecular flexibility index (Phi) is 28.6. The largest absolute Gasteiger partial charge is 0.481 e. The van der Waals surface area contributed by atoms with Gasteiger partial charge in [-0.25, -0.2) is 0 Å². The molecule has 4 unspecified atom stereocenters. The van der Waals surface area contributed by atoms with Gasteiger partial charge in [-0.1, -0.05) is 95.3 Å². The Morgan fingerprint density at radius 3 is 1.09 bits per heavy atom.